The molecule has 206 valence electrons. The molecule has 0 spiro atoms. The zero-order chi connectivity index (χ0) is 28.0. The summed E-state index contributed by atoms with van der Waals surface area (Å²) in [7, 11) is 0. The third-order valence-corrected chi connectivity index (χ3v) is 5.55. The summed E-state index contributed by atoms with van der Waals surface area (Å²) < 4.78 is 0. The van der Waals surface area contributed by atoms with Gasteiger partial charge in [0.15, 0.2) is 0 Å². The van der Waals surface area contributed by atoms with Gasteiger partial charge in [-0.2, -0.15) is 0 Å². The predicted molar refractivity (Wildman–Crippen MR) is 136 cm³/mol. The molecule has 12 nitrogen and oxygen atoms in total. The molecule has 0 bridgehead atoms. The lowest BCUT2D eigenvalue weighted by molar-refractivity contribution is -0.147. The smallest absolute Gasteiger partial charge is 0.326 e. The van der Waals surface area contributed by atoms with Gasteiger partial charge in [0.05, 0.1) is 12.5 Å². The highest BCUT2D eigenvalue weighted by Gasteiger charge is 2.31. The van der Waals surface area contributed by atoms with E-state index in [9.17, 15) is 29.1 Å². The first kappa shape index (κ1) is 31.5. The van der Waals surface area contributed by atoms with Crippen molar-refractivity contribution in [3.63, 3.8) is 0 Å². The molecule has 0 radical (unpaired) electrons. The van der Waals surface area contributed by atoms with E-state index in [0.29, 0.717) is 25.8 Å². The summed E-state index contributed by atoms with van der Waals surface area (Å²) in [6, 6.07) is 4.22. The van der Waals surface area contributed by atoms with E-state index < -0.39 is 60.2 Å². The maximum Gasteiger partial charge on any atom is 0.326 e. The minimum atomic E-state index is -1.67. The van der Waals surface area contributed by atoms with Crippen molar-refractivity contribution in [2.75, 3.05) is 6.54 Å². The Kier molecular flexibility index (Phi) is 13.9. The highest BCUT2D eigenvalue weighted by molar-refractivity contribution is 5.94. The Hall–Kier alpha value is -3.51. The van der Waals surface area contributed by atoms with Crippen molar-refractivity contribution in [2.45, 2.75) is 76.5 Å². The highest BCUT2D eigenvalue weighted by atomic mass is 16.4. The Morgan fingerprint density at radius 2 is 1.41 bits per heavy atom. The number of unbranched alkanes of at least 4 members (excludes halogenated alkanes) is 1. The lowest BCUT2D eigenvalue weighted by Gasteiger charge is -2.25. The molecule has 1 aromatic carbocycles. The van der Waals surface area contributed by atoms with E-state index in [2.05, 4.69) is 16.0 Å². The Balaban J connectivity index is 3.11. The van der Waals surface area contributed by atoms with Crippen LogP contribution < -0.4 is 27.4 Å². The molecular weight excluding hydrogens is 482 g/mol. The van der Waals surface area contributed by atoms with Crippen LogP contribution in [0.4, 0.5) is 0 Å². The number of hydrogen-bond donors (Lipinski definition) is 7. The summed E-state index contributed by atoms with van der Waals surface area (Å²) in [4.78, 5) is 61.3. The number of aliphatic carboxylic acids is 2. The van der Waals surface area contributed by atoms with E-state index >= 15 is 0 Å². The number of carbonyl (C=O) groups excluding carboxylic acids is 3. The molecule has 37 heavy (non-hydrogen) atoms. The molecule has 0 aliphatic carbocycles. The molecule has 0 fully saturated rings. The fourth-order valence-corrected chi connectivity index (χ4v) is 3.63. The van der Waals surface area contributed by atoms with Crippen molar-refractivity contribution in [2.24, 2.45) is 17.4 Å². The number of hydrogen-bond acceptors (Lipinski definition) is 7. The van der Waals surface area contributed by atoms with Crippen molar-refractivity contribution in [1.82, 2.24) is 16.0 Å². The molecule has 9 N–H and O–H groups in total. The molecular formula is C25H39N5O7. The van der Waals surface area contributed by atoms with Gasteiger partial charge in [-0.15, -0.1) is 0 Å². The van der Waals surface area contributed by atoms with Crippen LogP contribution >= 0.6 is 0 Å². The number of carbonyl (C=O) groups is 5. The van der Waals surface area contributed by atoms with Gasteiger partial charge in [-0.25, -0.2) is 4.79 Å². The average Bonchev–Trinajstić information content (AvgIpc) is 2.82. The lowest BCUT2D eigenvalue weighted by Crippen LogP contribution is -2.57. The van der Waals surface area contributed by atoms with Gasteiger partial charge in [-0.3, -0.25) is 19.2 Å². The van der Waals surface area contributed by atoms with E-state index in [0.717, 1.165) is 5.56 Å². The summed E-state index contributed by atoms with van der Waals surface area (Å²) >= 11 is 0. The average molecular weight is 522 g/mol. The maximum absolute atomic E-state index is 13.3. The first-order valence-electron chi connectivity index (χ1n) is 12.3. The van der Waals surface area contributed by atoms with Crippen LogP contribution in [-0.2, 0) is 30.4 Å². The van der Waals surface area contributed by atoms with E-state index in [1.807, 2.05) is 19.9 Å². The molecule has 0 aliphatic heterocycles. The van der Waals surface area contributed by atoms with Crippen molar-refractivity contribution in [3.8, 4) is 0 Å². The molecule has 0 aromatic heterocycles. The second-order valence-electron chi connectivity index (χ2n) is 9.33. The molecule has 1 rings (SSSR count). The van der Waals surface area contributed by atoms with E-state index in [4.69, 9.17) is 16.6 Å². The Bertz CT molecular complexity index is 910. The number of carboxylic acids is 2. The summed E-state index contributed by atoms with van der Waals surface area (Å²) in [6.07, 6.45) is 0.834. The SMILES string of the molecule is CC(C)CC(N)C(=O)NC(Cc1ccccc1)C(=O)NC(CCCCN)C(=O)NC(CC(=O)O)C(=O)O. The quantitative estimate of drug-likeness (QED) is 0.134. The Morgan fingerprint density at radius 3 is 1.95 bits per heavy atom. The normalized spacial score (nSPS) is 14.2. The third kappa shape index (κ3) is 12.3. The van der Waals surface area contributed by atoms with Gasteiger partial charge in [0.2, 0.25) is 17.7 Å². The molecule has 3 amide bonds. The first-order valence-corrected chi connectivity index (χ1v) is 12.3. The molecule has 0 saturated carbocycles. The Labute approximate surface area is 216 Å². The van der Waals surface area contributed by atoms with Crippen molar-refractivity contribution in [1.29, 1.82) is 0 Å². The number of benzene rings is 1. The monoisotopic (exact) mass is 521 g/mol. The van der Waals surface area contributed by atoms with Crippen LogP contribution in [0, 0.1) is 5.92 Å². The fraction of sp³-hybridized carbons (Fsp3) is 0.560. The van der Waals surface area contributed by atoms with E-state index in [1.165, 1.54) is 0 Å². The van der Waals surface area contributed by atoms with Gasteiger partial charge in [0.25, 0.3) is 0 Å². The molecule has 0 heterocycles. The van der Waals surface area contributed by atoms with Crippen molar-refractivity contribution < 1.29 is 34.2 Å². The van der Waals surface area contributed by atoms with Gasteiger partial charge in [0, 0.05) is 6.42 Å². The number of carboxylic acid groups (broad SMARTS) is 2. The standard InChI is InChI=1S/C25H39N5O7/c1-15(2)12-17(27)22(33)29-19(13-16-8-4-3-5-9-16)24(35)28-18(10-6-7-11-26)23(34)30-20(25(36)37)14-21(31)32/h3-5,8-9,15,17-20H,6-7,10-14,26-27H2,1-2H3,(H,28,35)(H,29,33)(H,30,34)(H,31,32)(H,36,37). The van der Waals surface area contributed by atoms with Crippen molar-refractivity contribution in [3.05, 3.63) is 35.9 Å². The minimum absolute atomic E-state index is 0.126. The zero-order valence-electron chi connectivity index (χ0n) is 21.3. The van der Waals surface area contributed by atoms with Gasteiger partial charge in [0.1, 0.15) is 18.1 Å². The third-order valence-electron chi connectivity index (χ3n) is 5.55. The minimum Gasteiger partial charge on any atom is -0.481 e. The largest absolute Gasteiger partial charge is 0.481 e. The first-order chi connectivity index (χ1) is 17.4. The highest BCUT2D eigenvalue weighted by Crippen LogP contribution is 2.09. The molecule has 12 heteroatoms. The second kappa shape index (κ2) is 16.3. The summed E-state index contributed by atoms with van der Waals surface area (Å²) in [5.41, 5.74) is 12.3. The lowest BCUT2D eigenvalue weighted by atomic mass is 10.0. The summed E-state index contributed by atoms with van der Waals surface area (Å²) in [6.45, 7) is 4.18. The molecule has 1 aromatic rings. The van der Waals surface area contributed by atoms with Crippen LogP contribution in [0.3, 0.4) is 0 Å². The van der Waals surface area contributed by atoms with Crippen LogP contribution in [0.2, 0.25) is 0 Å². The second-order valence-corrected chi connectivity index (χ2v) is 9.33. The topological polar surface area (TPSA) is 214 Å². The Morgan fingerprint density at radius 1 is 0.838 bits per heavy atom. The number of nitrogens with one attached hydrogen (secondary N) is 3. The van der Waals surface area contributed by atoms with E-state index in [1.54, 1.807) is 24.3 Å². The van der Waals surface area contributed by atoms with Crippen LogP contribution in [-0.4, -0.2) is 70.6 Å². The number of nitrogens with two attached hydrogens (primary N) is 2. The van der Waals surface area contributed by atoms with E-state index in [-0.39, 0.29) is 18.8 Å². The van der Waals surface area contributed by atoms with Crippen molar-refractivity contribution >= 4 is 29.7 Å². The van der Waals surface area contributed by atoms with Crippen LogP contribution in [0.25, 0.3) is 0 Å². The maximum atomic E-state index is 13.3. The van der Waals surface area contributed by atoms with Gasteiger partial charge in [-0.1, -0.05) is 44.2 Å². The predicted octanol–water partition coefficient (Wildman–Crippen LogP) is -0.255. The summed E-state index contributed by atoms with van der Waals surface area (Å²) in [5, 5.41) is 25.7. The molecule has 0 saturated heterocycles. The number of rotatable bonds is 17. The van der Waals surface area contributed by atoms with Gasteiger partial charge < -0.3 is 37.6 Å². The number of amides is 3. The van der Waals surface area contributed by atoms with Crippen LogP contribution in [0.1, 0.15) is 51.5 Å². The molecule has 0 aliphatic rings. The van der Waals surface area contributed by atoms with Gasteiger partial charge in [-0.05, 0) is 43.7 Å². The van der Waals surface area contributed by atoms with Crippen LogP contribution in [0.15, 0.2) is 30.3 Å². The summed E-state index contributed by atoms with van der Waals surface area (Å²) in [5.74, 6) is -4.78. The van der Waals surface area contributed by atoms with Crippen LogP contribution in [0.5, 0.6) is 0 Å². The van der Waals surface area contributed by atoms with Gasteiger partial charge >= 0.3 is 11.9 Å². The fourth-order valence-electron chi connectivity index (χ4n) is 3.63. The molecule has 4 atom stereocenters. The molecule has 4 unspecified atom stereocenters. The zero-order valence-corrected chi connectivity index (χ0v) is 21.3.